The summed E-state index contributed by atoms with van der Waals surface area (Å²) in [5, 5.41) is 13.5. The maximum Gasteiger partial charge on any atom is 0.244 e. The second-order valence-corrected chi connectivity index (χ2v) is 5.72. The van der Waals surface area contributed by atoms with Crippen LogP contribution in [-0.4, -0.2) is 29.8 Å². The fourth-order valence-electron chi connectivity index (χ4n) is 1.64. The van der Waals surface area contributed by atoms with Crippen LogP contribution in [0.5, 0.6) is 5.75 Å². The molecule has 0 spiro atoms. The molecule has 2 N–H and O–H groups in total. The van der Waals surface area contributed by atoms with Gasteiger partial charge in [0.05, 0.1) is 0 Å². The maximum absolute atomic E-state index is 11.9. The lowest BCUT2D eigenvalue weighted by Crippen LogP contribution is -2.25. The SMILES string of the molecule is O=S(=O)(NCCCn1cccn1)c1ccccc1O. The molecule has 2 rings (SSSR count). The quantitative estimate of drug-likeness (QED) is 0.772. The van der Waals surface area contributed by atoms with Crippen LogP contribution < -0.4 is 4.72 Å². The van der Waals surface area contributed by atoms with Crippen LogP contribution in [0.4, 0.5) is 0 Å². The van der Waals surface area contributed by atoms with E-state index in [1.165, 1.54) is 12.1 Å². The molecule has 0 saturated carbocycles. The van der Waals surface area contributed by atoms with E-state index in [1.54, 1.807) is 23.0 Å². The number of rotatable bonds is 6. The molecule has 102 valence electrons. The Morgan fingerprint density at radius 2 is 2.05 bits per heavy atom. The van der Waals surface area contributed by atoms with Crippen LogP contribution in [0.1, 0.15) is 6.42 Å². The lowest BCUT2D eigenvalue weighted by molar-refractivity contribution is 0.457. The molecule has 1 aromatic heterocycles. The molecule has 0 aliphatic carbocycles. The fourth-order valence-corrected chi connectivity index (χ4v) is 2.81. The van der Waals surface area contributed by atoms with Crippen LogP contribution in [0, 0.1) is 0 Å². The van der Waals surface area contributed by atoms with Crippen molar-refractivity contribution in [2.75, 3.05) is 6.54 Å². The molecule has 2 aromatic rings. The summed E-state index contributed by atoms with van der Waals surface area (Å²) in [6.45, 7) is 0.923. The summed E-state index contributed by atoms with van der Waals surface area (Å²) in [6, 6.07) is 7.67. The van der Waals surface area contributed by atoms with Gasteiger partial charge in [-0.1, -0.05) is 12.1 Å². The monoisotopic (exact) mass is 281 g/mol. The predicted octanol–water partition coefficient (Wildman–Crippen LogP) is 0.957. The van der Waals surface area contributed by atoms with Crippen LogP contribution >= 0.6 is 0 Å². The van der Waals surface area contributed by atoms with Gasteiger partial charge in [0.25, 0.3) is 0 Å². The van der Waals surface area contributed by atoms with Gasteiger partial charge in [-0.15, -0.1) is 0 Å². The smallest absolute Gasteiger partial charge is 0.244 e. The molecule has 0 unspecified atom stereocenters. The van der Waals surface area contributed by atoms with E-state index in [1.807, 2.05) is 12.3 Å². The number of nitrogens with zero attached hydrogens (tertiary/aromatic N) is 2. The number of phenols is 1. The van der Waals surface area contributed by atoms with Gasteiger partial charge in [0.15, 0.2) is 0 Å². The molecule has 0 amide bonds. The van der Waals surface area contributed by atoms with E-state index in [0.717, 1.165) is 0 Å². The van der Waals surface area contributed by atoms with Gasteiger partial charge in [0, 0.05) is 25.5 Å². The van der Waals surface area contributed by atoms with Crippen molar-refractivity contribution < 1.29 is 13.5 Å². The standard InChI is InChI=1S/C12H15N3O3S/c16-11-5-1-2-6-12(11)19(17,18)14-8-4-10-15-9-3-7-13-15/h1-3,5-7,9,14,16H,4,8,10H2. The third-order valence-corrected chi connectivity index (χ3v) is 4.08. The third-order valence-electron chi connectivity index (χ3n) is 2.57. The van der Waals surface area contributed by atoms with E-state index in [2.05, 4.69) is 9.82 Å². The molecule has 0 aliphatic rings. The molecule has 6 nitrogen and oxygen atoms in total. The van der Waals surface area contributed by atoms with E-state index in [9.17, 15) is 13.5 Å². The first-order valence-electron chi connectivity index (χ1n) is 5.85. The first-order valence-corrected chi connectivity index (χ1v) is 7.33. The Balaban J connectivity index is 1.90. The summed E-state index contributed by atoms with van der Waals surface area (Å²) >= 11 is 0. The molecular formula is C12H15N3O3S. The minimum absolute atomic E-state index is 0.103. The van der Waals surface area contributed by atoms with Gasteiger partial charge in [-0.05, 0) is 24.6 Å². The highest BCUT2D eigenvalue weighted by atomic mass is 32.2. The zero-order valence-electron chi connectivity index (χ0n) is 10.2. The van der Waals surface area contributed by atoms with Gasteiger partial charge in [-0.2, -0.15) is 5.10 Å². The zero-order valence-corrected chi connectivity index (χ0v) is 11.0. The van der Waals surface area contributed by atoms with Crippen molar-refractivity contribution in [3.8, 4) is 5.75 Å². The minimum Gasteiger partial charge on any atom is -0.507 e. The highest BCUT2D eigenvalue weighted by Crippen LogP contribution is 2.20. The number of sulfonamides is 1. The average molecular weight is 281 g/mol. The number of aromatic nitrogens is 2. The highest BCUT2D eigenvalue weighted by molar-refractivity contribution is 7.89. The van der Waals surface area contributed by atoms with Crippen molar-refractivity contribution in [3.63, 3.8) is 0 Å². The van der Waals surface area contributed by atoms with E-state index < -0.39 is 10.0 Å². The van der Waals surface area contributed by atoms with Gasteiger partial charge < -0.3 is 5.11 Å². The number of phenolic OH excluding ortho intramolecular Hbond substituents is 1. The van der Waals surface area contributed by atoms with Crippen molar-refractivity contribution in [1.82, 2.24) is 14.5 Å². The number of nitrogens with one attached hydrogen (secondary N) is 1. The van der Waals surface area contributed by atoms with Crippen LogP contribution in [0.2, 0.25) is 0 Å². The van der Waals surface area contributed by atoms with Crippen molar-refractivity contribution in [1.29, 1.82) is 0 Å². The number of aromatic hydroxyl groups is 1. The van der Waals surface area contributed by atoms with Crippen molar-refractivity contribution in [2.45, 2.75) is 17.9 Å². The fraction of sp³-hybridized carbons (Fsp3) is 0.250. The Hall–Kier alpha value is -1.86. The molecule has 0 fully saturated rings. The predicted molar refractivity (Wildman–Crippen MR) is 70.1 cm³/mol. The topological polar surface area (TPSA) is 84.2 Å². The van der Waals surface area contributed by atoms with Crippen LogP contribution in [0.3, 0.4) is 0 Å². The maximum atomic E-state index is 11.9. The lowest BCUT2D eigenvalue weighted by Gasteiger charge is -2.08. The van der Waals surface area contributed by atoms with Gasteiger partial charge in [0.2, 0.25) is 10.0 Å². The zero-order chi connectivity index (χ0) is 13.7. The summed E-state index contributed by atoms with van der Waals surface area (Å²) in [6.07, 6.45) is 4.11. The number of aryl methyl sites for hydroxylation is 1. The van der Waals surface area contributed by atoms with Crippen LogP contribution in [0.25, 0.3) is 0 Å². The Morgan fingerprint density at radius 3 is 2.74 bits per heavy atom. The third kappa shape index (κ3) is 3.55. The molecule has 0 bridgehead atoms. The normalized spacial score (nSPS) is 11.6. The number of hydrogen-bond acceptors (Lipinski definition) is 4. The molecule has 1 aromatic carbocycles. The summed E-state index contributed by atoms with van der Waals surface area (Å²) < 4.78 is 28.0. The minimum atomic E-state index is -3.66. The molecule has 19 heavy (non-hydrogen) atoms. The molecule has 0 aliphatic heterocycles. The summed E-state index contributed by atoms with van der Waals surface area (Å²) in [5.74, 6) is -0.248. The Bertz CT molecular complexity index is 623. The summed E-state index contributed by atoms with van der Waals surface area (Å²) in [4.78, 5) is -0.103. The second kappa shape index (κ2) is 5.85. The second-order valence-electron chi connectivity index (χ2n) is 3.99. The van der Waals surface area contributed by atoms with Gasteiger partial charge >= 0.3 is 0 Å². The Labute approximate surface area is 111 Å². The molecule has 0 radical (unpaired) electrons. The molecule has 7 heteroatoms. The summed E-state index contributed by atoms with van der Waals surface area (Å²) in [5.41, 5.74) is 0. The van der Waals surface area contributed by atoms with Gasteiger partial charge in [0.1, 0.15) is 10.6 Å². The number of hydrogen-bond donors (Lipinski definition) is 2. The average Bonchev–Trinajstić information content (AvgIpc) is 2.88. The Morgan fingerprint density at radius 1 is 1.26 bits per heavy atom. The Kier molecular flexibility index (Phi) is 4.18. The highest BCUT2D eigenvalue weighted by Gasteiger charge is 2.16. The van der Waals surface area contributed by atoms with E-state index in [4.69, 9.17) is 0 Å². The van der Waals surface area contributed by atoms with E-state index in [-0.39, 0.29) is 17.2 Å². The van der Waals surface area contributed by atoms with E-state index >= 15 is 0 Å². The lowest BCUT2D eigenvalue weighted by atomic mass is 10.3. The van der Waals surface area contributed by atoms with Crippen LogP contribution in [-0.2, 0) is 16.6 Å². The molecule has 0 atom stereocenters. The first kappa shape index (κ1) is 13.6. The van der Waals surface area contributed by atoms with Gasteiger partial charge in [-0.3, -0.25) is 4.68 Å². The first-order chi connectivity index (χ1) is 9.09. The van der Waals surface area contributed by atoms with Crippen molar-refractivity contribution in [2.24, 2.45) is 0 Å². The van der Waals surface area contributed by atoms with Crippen molar-refractivity contribution >= 4 is 10.0 Å². The molecule has 0 saturated heterocycles. The molecular weight excluding hydrogens is 266 g/mol. The van der Waals surface area contributed by atoms with E-state index in [0.29, 0.717) is 13.0 Å². The molecule has 1 heterocycles. The number of para-hydroxylation sites is 1. The van der Waals surface area contributed by atoms with Gasteiger partial charge in [-0.25, -0.2) is 13.1 Å². The number of benzene rings is 1. The summed E-state index contributed by atoms with van der Waals surface area (Å²) in [7, 11) is -3.66. The largest absolute Gasteiger partial charge is 0.507 e. The van der Waals surface area contributed by atoms with Crippen molar-refractivity contribution in [3.05, 3.63) is 42.7 Å². The van der Waals surface area contributed by atoms with Crippen LogP contribution in [0.15, 0.2) is 47.6 Å².